The van der Waals surface area contributed by atoms with Gasteiger partial charge in [0.2, 0.25) is 5.69 Å². The summed E-state index contributed by atoms with van der Waals surface area (Å²) in [5, 5.41) is 11.6. The first-order chi connectivity index (χ1) is 11.6. The molecule has 116 valence electrons. The zero-order valence-corrected chi connectivity index (χ0v) is 13.9. The molecule has 0 aliphatic heterocycles. The average Bonchev–Trinajstić information content (AvgIpc) is 2.95. The Hall–Kier alpha value is -3.12. The highest BCUT2D eigenvalue weighted by Crippen LogP contribution is 2.39. The Kier molecular flexibility index (Phi) is 3.14. The number of nitriles is 1. The van der Waals surface area contributed by atoms with Gasteiger partial charge in [-0.15, -0.1) is 0 Å². The molecule has 0 fully saturated rings. The SMILES string of the molecule is Cc1ccc2oc3ccc(C)c(-c4cccc[n+]4C)c3c2c1C#N. The first kappa shape index (κ1) is 14.5. The summed E-state index contributed by atoms with van der Waals surface area (Å²) < 4.78 is 8.15. The van der Waals surface area contributed by atoms with Crippen molar-refractivity contribution in [2.45, 2.75) is 13.8 Å². The average molecular weight is 313 g/mol. The number of aromatic nitrogens is 1. The fraction of sp³-hybridized carbons (Fsp3) is 0.143. The minimum atomic E-state index is 0.691. The lowest BCUT2D eigenvalue weighted by Gasteiger charge is -2.07. The molecule has 0 unspecified atom stereocenters. The predicted octanol–water partition coefficient (Wildman–Crippen LogP) is 4.57. The van der Waals surface area contributed by atoms with Crippen molar-refractivity contribution in [1.82, 2.24) is 0 Å². The highest BCUT2D eigenvalue weighted by Gasteiger charge is 2.22. The third-order valence-electron chi connectivity index (χ3n) is 4.64. The minimum absolute atomic E-state index is 0.691. The van der Waals surface area contributed by atoms with Crippen molar-refractivity contribution in [1.29, 1.82) is 5.26 Å². The van der Waals surface area contributed by atoms with E-state index in [2.05, 4.69) is 29.7 Å². The van der Waals surface area contributed by atoms with Gasteiger partial charge in [-0.05, 0) is 43.2 Å². The normalized spacial score (nSPS) is 11.1. The molecule has 0 saturated heterocycles. The Bertz CT molecular complexity index is 1150. The van der Waals surface area contributed by atoms with Crippen molar-refractivity contribution in [3.63, 3.8) is 0 Å². The molecule has 0 spiro atoms. The second-order valence-electron chi connectivity index (χ2n) is 6.17. The fourth-order valence-electron chi connectivity index (χ4n) is 3.42. The number of aryl methyl sites for hydroxylation is 3. The Balaban J connectivity index is 2.28. The van der Waals surface area contributed by atoms with Crippen LogP contribution in [0.2, 0.25) is 0 Å². The van der Waals surface area contributed by atoms with E-state index >= 15 is 0 Å². The molecule has 0 N–H and O–H groups in total. The van der Waals surface area contributed by atoms with Crippen LogP contribution in [0.15, 0.2) is 53.1 Å². The van der Waals surface area contributed by atoms with Gasteiger partial charge in [-0.25, -0.2) is 4.57 Å². The molecule has 4 aromatic rings. The zero-order chi connectivity index (χ0) is 16.8. The van der Waals surface area contributed by atoms with E-state index in [1.807, 2.05) is 50.5 Å². The monoisotopic (exact) mass is 313 g/mol. The van der Waals surface area contributed by atoms with Gasteiger partial charge in [-0.2, -0.15) is 5.26 Å². The van der Waals surface area contributed by atoms with Crippen LogP contribution in [0.1, 0.15) is 16.7 Å². The van der Waals surface area contributed by atoms with Crippen molar-refractivity contribution in [2.75, 3.05) is 0 Å². The van der Waals surface area contributed by atoms with Crippen LogP contribution >= 0.6 is 0 Å². The highest BCUT2D eigenvalue weighted by atomic mass is 16.3. The fourth-order valence-corrected chi connectivity index (χ4v) is 3.42. The van der Waals surface area contributed by atoms with Gasteiger partial charge in [0.15, 0.2) is 6.20 Å². The molecule has 4 rings (SSSR count). The molecule has 0 aliphatic carbocycles. The molecule has 0 bridgehead atoms. The summed E-state index contributed by atoms with van der Waals surface area (Å²) in [6.45, 7) is 4.07. The largest absolute Gasteiger partial charge is 0.456 e. The van der Waals surface area contributed by atoms with Gasteiger partial charge < -0.3 is 4.42 Å². The number of hydrogen-bond acceptors (Lipinski definition) is 2. The molecule has 2 heterocycles. The number of pyridine rings is 1. The maximum absolute atomic E-state index is 9.68. The van der Waals surface area contributed by atoms with Gasteiger partial charge in [0.1, 0.15) is 24.3 Å². The van der Waals surface area contributed by atoms with Crippen LogP contribution in [0.4, 0.5) is 0 Å². The van der Waals surface area contributed by atoms with Crippen LogP contribution in [0.5, 0.6) is 0 Å². The van der Waals surface area contributed by atoms with E-state index in [9.17, 15) is 5.26 Å². The van der Waals surface area contributed by atoms with Gasteiger partial charge >= 0.3 is 0 Å². The third kappa shape index (κ3) is 1.93. The number of furan rings is 1. The van der Waals surface area contributed by atoms with E-state index in [4.69, 9.17) is 4.42 Å². The Morgan fingerprint density at radius 1 is 0.917 bits per heavy atom. The van der Waals surface area contributed by atoms with Gasteiger partial charge in [0.25, 0.3) is 0 Å². The van der Waals surface area contributed by atoms with Crippen LogP contribution in [0, 0.1) is 25.2 Å². The summed E-state index contributed by atoms with van der Waals surface area (Å²) in [4.78, 5) is 0. The quantitative estimate of drug-likeness (QED) is 0.483. The van der Waals surface area contributed by atoms with Gasteiger partial charge in [-0.1, -0.05) is 12.1 Å². The number of nitrogens with zero attached hydrogens (tertiary/aromatic N) is 2. The molecule has 0 aliphatic rings. The highest BCUT2D eigenvalue weighted by molar-refractivity contribution is 6.14. The van der Waals surface area contributed by atoms with Crippen LogP contribution in [-0.4, -0.2) is 0 Å². The van der Waals surface area contributed by atoms with E-state index in [1.165, 1.54) is 0 Å². The van der Waals surface area contributed by atoms with Gasteiger partial charge in [0, 0.05) is 22.9 Å². The van der Waals surface area contributed by atoms with Crippen molar-refractivity contribution >= 4 is 21.9 Å². The minimum Gasteiger partial charge on any atom is -0.456 e. The first-order valence-corrected chi connectivity index (χ1v) is 7.92. The third-order valence-corrected chi connectivity index (χ3v) is 4.64. The molecular weight excluding hydrogens is 296 g/mol. The first-order valence-electron chi connectivity index (χ1n) is 7.92. The van der Waals surface area contributed by atoms with Crippen molar-refractivity contribution in [3.05, 3.63) is 65.4 Å². The van der Waals surface area contributed by atoms with Crippen molar-refractivity contribution < 1.29 is 8.98 Å². The molecule has 0 amide bonds. The lowest BCUT2D eigenvalue weighted by molar-refractivity contribution is -0.660. The van der Waals surface area contributed by atoms with Crippen LogP contribution in [0.3, 0.4) is 0 Å². The van der Waals surface area contributed by atoms with Crippen LogP contribution in [-0.2, 0) is 7.05 Å². The Labute approximate surface area is 140 Å². The number of benzene rings is 2. The van der Waals surface area contributed by atoms with Crippen molar-refractivity contribution in [2.24, 2.45) is 7.05 Å². The summed E-state index contributed by atoms with van der Waals surface area (Å²) in [6, 6.07) is 16.5. The van der Waals surface area contributed by atoms with Crippen molar-refractivity contribution in [3.8, 4) is 17.3 Å². The zero-order valence-electron chi connectivity index (χ0n) is 13.9. The van der Waals surface area contributed by atoms with Gasteiger partial charge in [0.05, 0.1) is 11.1 Å². The predicted molar refractivity (Wildman–Crippen MR) is 94.5 cm³/mol. The Morgan fingerprint density at radius 3 is 2.33 bits per heavy atom. The van der Waals surface area contributed by atoms with E-state index in [1.54, 1.807) is 0 Å². The number of hydrogen-bond donors (Lipinski definition) is 0. The molecule has 24 heavy (non-hydrogen) atoms. The molecule has 2 aromatic heterocycles. The maximum Gasteiger partial charge on any atom is 0.213 e. The summed E-state index contributed by atoms with van der Waals surface area (Å²) in [7, 11) is 2.03. The lowest BCUT2D eigenvalue weighted by Crippen LogP contribution is -2.30. The summed E-state index contributed by atoms with van der Waals surface area (Å²) in [5.74, 6) is 0. The molecule has 0 radical (unpaired) electrons. The lowest BCUT2D eigenvalue weighted by atomic mass is 9.95. The van der Waals surface area contributed by atoms with E-state index in [0.29, 0.717) is 5.56 Å². The van der Waals surface area contributed by atoms with Crippen LogP contribution < -0.4 is 4.57 Å². The molecule has 0 saturated carbocycles. The second-order valence-corrected chi connectivity index (χ2v) is 6.17. The van der Waals surface area contributed by atoms with E-state index in [-0.39, 0.29) is 0 Å². The summed E-state index contributed by atoms with van der Waals surface area (Å²) >= 11 is 0. The molecule has 3 heteroatoms. The standard InChI is InChI=1S/C21H17N2O/c1-13-7-9-17-20(15(13)12-22)21-18(24-17)10-8-14(2)19(21)16-6-4-5-11-23(16)3/h4-11H,1-3H3/q+1. The van der Waals surface area contributed by atoms with Gasteiger partial charge in [-0.3, -0.25) is 0 Å². The van der Waals surface area contributed by atoms with E-state index in [0.717, 1.165) is 44.3 Å². The smallest absolute Gasteiger partial charge is 0.213 e. The second kappa shape index (κ2) is 5.21. The topological polar surface area (TPSA) is 40.8 Å². The van der Waals surface area contributed by atoms with E-state index < -0.39 is 0 Å². The Morgan fingerprint density at radius 2 is 1.62 bits per heavy atom. The molecular formula is C21H17N2O+. The number of fused-ring (bicyclic) bond motifs is 3. The molecule has 3 nitrogen and oxygen atoms in total. The maximum atomic E-state index is 9.68. The summed E-state index contributed by atoms with van der Waals surface area (Å²) in [5.41, 5.74) is 6.63. The molecule has 2 aromatic carbocycles. The van der Waals surface area contributed by atoms with Crippen LogP contribution in [0.25, 0.3) is 33.2 Å². The molecule has 0 atom stereocenters. The number of rotatable bonds is 1. The summed E-state index contributed by atoms with van der Waals surface area (Å²) in [6.07, 6.45) is 2.03.